The summed E-state index contributed by atoms with van der Waals surface area (Å²) in [6.45, 7) is -2.35. The molecule has 2 fully saturated rings. The number of nitrogens with one attached hydrogen (secondary N) is 1. The van der Waals surface area contributed by atoms with Gasteiger partial charge in [0, 0.05) is 35.5 Å². The molecule has 3 N–H and O–H groups in total. The van der Waals surface area contributed by atoms with Gasteiger partial charge in [-0.25, -0.2) is 9.78 Å². The SMILES string of the molecule is Nc1ccc(C(=O)N2CCSC2C(=O)OC(Cc2c(Cl)c[nH+]cc2Cl)c2ccc(OC(F)F)c(OCC3CC3)c2)cc1. The maximum absolute atomic E-state index is 13.6. The molecule has 2 atom stereocenters. The van der Waals surface area contributed by atoms with Crippen LogP contribution < -0.4 is 20.2 Å². The van der Waals surface area contributed by atoms with Crippen LogP contribution in [-0.4, -0.2) is 47.7 Å². The van der Waals surface area contributed by atoms with Crippen LogP contribution in [0.1, 0.15) is 40.4 Å². The number of carbonyl (C=O) groups is 2. The average molecular weight is 640 g/mol. The lowest BCUT2D eigenvalue weighted by atomic mass is 10.0. The van der Waals surface area contributed by atoms with Crippen LogP contribution in [0.5, 0.6) is 11.5 Å². The van der Waals surface area contributed by atoms with E-state index >= 15 is 0 Å². The molecule has 0 spiro atoms. The third-order valence-electron chi connectivity index (χ3n) is 6.88. The molecule has 5 rings (SSSR count). The second kappa shape index (κ2) is 13.4. The fourth-order valence-electron chi connectivity index (χ4n) is 4.47. The molecule has 2 aliphatic rings. The van der Waals surface area contributed by atoms with Gasteiger partial charge < -0.3 is 24.8 Å². The molecule has 13 heteroatoms. The first-order chi connectivity index (χ1) is 20.2. The number of hydrogen-bond acceptors (Lipinski definition) is 7. The smallest absolute Gasteiger partial charge is 0.387 e. The quantitative estimate of drug-likeness (QED) is 0.208. The largest absolute Gasteiger partial charge is 0.489 e. The topological polar surface area (TPSA) is 105 Å². The molecule has 1 saturated heterocycles. The van der Waals surface area contributed by atoms with Crippen molar-refractivity contribution in [2.24, 2.45) is 5.92 Å². The number of anilines is 1. The molecule has 1 aliphatic heterocycles. The van der Waals surface area contributed by atoms with Gasteiger partial charge in [0.2, 0.25) is 0 Å². The van der Waals surface area contributed by atoms with Crippen molar-refractivity contribution in [3.63, 3.8) is 0 Å². The van der Waals surface area contributed by atoms with Crippen molar-refractivity contribution in [2.45, 2.75) is 37.4 Å². The Morgan fingerprint density at radius 2 is 1.79 bits per heavy atom. The lowest BCUT2D eigenvalue weighted by molar-refractivity contribution is -0.377. The van der Waals surface area contributed by atoms with E-state index in [1.165, 1.54) is 34.9 Å². The Kier molecular flexibility index (Phi) is 9.60. The summed E-state index contributed by atoms with van der Waals surface area (Å²) in [6, 6.07) is 10.9. The van der Waals surface area contributed by atoms with Crippen LogP contribution in [0.2, 0.25) is 10.0 Å². The monoisotopic (exact) mass is 638 g/mol. The molecular weight excluding hydrogens is 611 g/mol. The highest BCUT2D eigenvalue weighted by atomic mass is 35.5. The number of rotatable bonds is 11. The summed E-state index contributed by atoms with van der Waals surface area (Å²) in [6.07, 6.45) is 4.21. The highest BCUT2D eigenvalue weighted by molar-refractivity contribution is 8.00. The van der Waals surface area contributed by atoms with E-state index in [-0.39, 0.29) is 23.8 Å². The molecule has 3 aromatic rings. The number of aromatic nitrogens is 1. The number of pyridine rings is 1. The molecule has 0 radical (unpaired) electrons. The van der Waals surface area contributed by atoms with E-state index in [9.17, 15) is 18.4 Å². The van der Waals surface area contributed by atoms with Crippen molar-refractivity contribution in [3.8, 4) is 11.5 Å². The van der Waals surface area contributed by atoms with Gasteiger partial charge in [0.15, 0.2) is 29.3 Å². The van der Waals surface area contributed by atoms with E-state index in [2.05, 4.69) is 9.72 Å². The number of halogens is 4. The van der Waals surface area contributed by atoms with Crippen LogP contribution in [0.4, 0.5) is 14.5 Å². The van der Waals surface area contributed by atoms with Crippen LogP contribution in [0.3, 0.4) is 0 Å². The number of alkyl halides is 2. The number of aromatic amines is 1. The molecule has 8 nitrogen and oxygen atoms in total. The number of thioether (sulfide) groups is 1. The van der Waals surface area contributed by atoms with Gasteiger partial charge >= 0.3 is 12.6 Å². The first kappa shape index (κ1) is 30.2. The van der Waals surface area contributed by atoms with E-state index in [4.69, 9.17) is 38.4 Å². The van der Waals surface area contributed by atoms with Crippen molar-refractivity contribution in [3.05, 3.63) is 81.6 Å². The zero-order chi connectivity index (χ0) is 29.8. The Morgan fingerprint density at radius 1 is 1.07 bits per heavy atom. The summed E-state index contributed by atoms with van der Waals surface area (Å²) in [4.78, 5) is 31.2. The second-order valence-electron chi connectivity index (χ2n) is 9.94. The number of amides is 1. The van der Waals surface area contributed by atoms with Crippen molar-refractivity contribution in [2.75, 3.05) is 24.6 Å². The molecular formula is C29H28Cl2F2N3O5S+. The fraction of sp³-hybridized carbons (Fsp3) is 0.345. The van der Waals surface area contributed by atoms with E-state index in [1.807, 2.05) is 0 Å². The van der Waals surface area contributed by atoms with Crippen LogP contribution >= 0.6 is 35.0 Å². The molecule has 2 unspecified atom stereocenters. The predicted molar refractivity (Wildman–Crippen MR) is 155 cm³/mol. The summed E-state index contributed by atoms with van der Waals surface area (Å²) < 4.78 is 42.8. The standard InChI is InChI=1S/C29H27Cl2F2N3O5S/c30-21-13-35-14-22(31)20(21)12-24(18-5-8-23(41-29(32)33)25(11-18)39-15-16-1-2-16)40-28(38)27-36(9-10-42-27)26(37)17-3-6-19(34)7-4-17/h3-8,11,13-14,16,24,27,29H,1-2,9-10,12,15,34H2/p+1. The Labute approximate surface area is 255 Å². The number of nitrogen functional groups attached to an aromatic ring is 1. The maximum atomic E-state index is 13.6. The number of nitrogens with zero attached hydrogens (tertiary/aromatic N) is 1. The highest BCUT2D eigenvalue weighted by Gasteiger charge is 2.38. The Balaban J connectivity index is 1.43. The summed E-state index contributed by atoms with van der Waals surface area (Å²) in [5.41, 5.74) is 7.63. The number of hydrogen-bond donors (Lipinski definition) is 1. The molecule has 222 valence electrons. The lowest BCUT2D eigenvalue weighted by Crippen LogP contribution is -2.40. The van der Waals surface area contributed by atoms with Gasteiger partial charge in [-0.3, -0.25) is 4.79 Å². The summed E-state index contributed by atoms with van der Waals surface area (Å²) >= 11 is 14.1. The Morgan fingerprint density at radius 3 is 2.45 bits per heavy atom. The summed E-state index contributed by atoms with van der Waals surface area (Å²) in [7, 11) is 0. The number of nitrogens with two attached hydrogens (primary N) is 1. The van der Waals surface area contributed by atoms with Gasteiger partial charge in [-0.1, -0.05) is 29.3 Å². The number of esters is 1. The Hall–Kier alpha value is -3.28. The zero-order valence-corrected chi connectivity index (χ0v) is 24.6. The van der Waals surface area contributed by atoms with Crippen molar-refractivity contribution < 1.29 is 37.6 Å². The molecule has 2 aromatic carbocycles. The first-order valence-corrected chi connectivity index (χ1v) is 15.0. The maximum Gasteiger partial charge on any atom is 0.387 e. The van der Waals surface area contributed by atoms with Gasteiger partial charge in [0.1, 0.15) is 16.1 Å². The molecule has 1 aliphatic carbocycles. The first-order valence-electron chi connectivity index (χ1n) is 13.2. The van der Waals surface area contributed by atoms with Gasteiger partial charge in [0.25, 0.3) is 5.91 Å². The van der Waals surface area contributed by atoms with Crippen LogP contribution in [0.25, 0.3) is 0 Å². The molecule has 1 aromatic heterocycles. The van der Waals surface area contributed by atoms with Crippen LogP contribution in [-0.2, 0) is 16.0 Å². The van der Waals surface area contributed by atoms with Crippen molar-refractivity contribution in [1.82, 2.24) is 4.90 Å². The fourth-order valence-corrected chi connectivity index (χ4v) is 6.10. The minimum absolute atomic E-state index is 0.0680. The van der Waals surface area contributed by atoms with E-state index < -0.39 is 24.1 Å². The predicted octanol–water partition coefficient (Wildman–Crippen LogP) is 5.82. The average Bonchev–Trinajstić information content (AvgIpc) is 3.66. The minimum Gasteiger partial charge on any atom is -0.489 e. The molecule has 1 saturated carbocycles. The number of ether oxygens (including phenoxy) is 3. The zero-order valence-electron chi connectivity index (χ0n) is 22.2. The van der Waals surface area contributed by atoms with Crippen LogP contribution in [0, 0.1) is 5.92 Å². The molecule has 0 bridgehead atoms. The molecule has 1 amide bonds. The summed E-state index contributed by atoms with van der Waals surface area (Å²) in [5.74, 6) is -0.104. The van der Waals surface area contributed by atoms with E-state index in [0.29, 0.717) is 57.2 Å². The number of H-pyrrole nitrogens is 1. The van der Waals surface area contributed by atoms with Crippen molar-refractivity contribution >= 4 is 52.5 Å². The van der Waals surface area contributed by atoms with Crippen molar-refractivity contribution in [1.29, 1.82) is 0 Å². The summed E-state index contributed by atoms with van der Waals surface area (Å²) in [5, 5.41) is -0.261. The molecule has 2 heterocycles. The number of carbonyl (C=O) groups excluding carboxylic acids is 2. The van der Waals surface area contributed by atoms with Gasteiger partial charge in [0.05, 0.1) is 6.61 Å². The molecule has 42 heavy (non-hydrogen) atoms. The van der Waals surface area contributed by atoms with E-state index in [0.717, 1.165) is 12.8 Å². The van der Waals surface area contributed by atoms with E-state index in [1.54, 1.807) is 36.7 Å². The number of benzene rings is 2. The second-order valence-corrected chi connectivity index (χ2v) is 11.9. The highest BCUT2D eigenvalue weighted by Crippen LogP contribution is 2.38. The normalized spacial score (nSPS) is 17.3. The third kappa shape index (κ3) is 7.37. The van der Waals surface area contributed by atoms with Gasteiger partial charge in [-0.15, -0.1) is 11.8 Å². The van der Waals surface area contributed by atoms with Gasteiger partial charge in [-0.2, -0.15) is 8.78 Å². The lowest BCUT2D eigenvalue weighted by Gasteiger charge is -2.26. The van der Waals surface area contributed by atoms with Gasteiger partial charge in [-0.05, 0) is 60.7 Å². The van der Waals surface area contributed by atoms with Crippen LogP contribution in [0.15, 0.2) is 54.9 Å². The third-order valence-corrected chi connectivity index (χ3v) is 8.74. The minimum atomic E-state index is -3.05. The Bertz CT molecular complexity index is 1430.